The number of carboxylic acid groups (broad SMARTS) is 1. The van der Waals surface area contributed by atoms with Gasteiger partial charge in [-0.25, -0.2) is 9.59 Å². The molecule has 1 aromatic rings. The van der Waals surface area contributed by atoms with Crippen LogP contribution in [0.5, 0.6) is 0 Å². The van der Waals surface area contributed by atoms with Crippen molar-refractivity contribution < 1.29 is 19.5 Å². The van der Waals surface area contributed by atoms with Crippen molar-refractivity contribution in [1.82, 2.24) is 10.2 Å². The molecule has 0 bridgehead atoms. The molecule has 6 nitrogen and oxygen atoms in total. The molecule has 0 atom stereocenters. The second-order valence-electron chi connectivity index (χ2n) is 4.01. The number of nitrogens with zero attached hydrogens (tertiary/aromatic N) is 1. The van der Waals surface area contributed by atoms with Crippen molar-refractivity contribution in [2.24, 2.45) is 0 Å². The predicted molar refractivity (Wildman–Crippen MR) is 67.1 cm³/mol. The summed E-state index contributed by atoms with van der Waals surface area (Å²) in [6, 6.07) is 6.58. The van der Waals surface area contributed by atoms with E-state index >= 15 is 0 Å². The van der Waals surface area contributed by atoms with E-state index in [1.165, 1.54) is 6.08 Å². The van der Waals surface area contributed by atoms with Crippen LogP contribution in [-0.4, -0.2) is 34.5 Å². The lowest BCUT2D eigenvalue weighted by Crippen LogP contribution is -2.30. The van der Waals surface area contributed by atoms with Gasteiger partial charge >= 0.3 is 12.0 Å². The first-order valence-electron chi connectivity index (χ1n) is 5.65. The molecule has 19 heavy (non-hydrogen) atoms. The number of urea groups is 1. The quantitative estimate of drug-likeness (QED) is 0.620. The number of hydrogen-bond acceptors (Lipinski definition) is 3. The molecule has 98 valence electrons. The van der Waals surface area contributed by atoms with Crippen LogP contribution in [0.15, 0.2) is 30.3 Å². The third kappa shape index (κ3) is 2.98. The van der Waals surface area contributed by atoms with Crippen LogP contribution < -0.4 is 5.32 Å². The third-order valence-electron chi connectivity index (χ3n) is 2.73. The number of carbonyl (C=O) groups excluding carboxylic acids is 2. The lowest BCUT2D eigenvalue weighted by Gasteiger charge is -2.14. The average Bonchev–Trinajstić information content (AvgIpc) is 2.69. The van der Waals surface area contributed by atoms with E-state index in [-0.39, 0.29) is 19.0 Å². The van der Waals surface area contributed by atoms with Gasteiger partial charge < -0.3 is 10.4 Å². The van der Waals surface area contributed by atoms with Crippen LogP contribution in [0, 0.1) is 0 Å². The van der Waals surface area contributed by atoms with Crippen LogP contribution in [0.1, 0.15) is 11.1 Å². The zero-order valence-electron chi connectivity index (χ0n) is 10.00. The third-order valence-corrected chi connectivity index (χ3v) is 2.73. The fourth-order valence-electron chi connectivity index (χ4n) is 1.79. The molecule has 2 rings (SSSR count). The molecule has 2 N–H and O–H groups in total. The van der Waals surface area contributed by atoms with Crippen molar-refractivity contribution in [2.45, 2.75) is 6.54 Å². The van der Waals surface area contributed by atoms with Gasteiger partial charge in [0, 0.05) is 6.08 Å². The summed E-state index contributed by atoms with van der Waals surface area (Å²) in [6.45, 7) is 0.136. The van der Waals surface area contributed by atoms with Gasteiger partial charge in [0.1, 0.15) is 0 Å². The molecule has 1 aliphatic rings. The molecule has 0 aliphatic carbocycles. The Hall–Kier alpha value is -2.63. The second-order valence-corrected chi connectivity index (χ2v) is 4.01. The monoisotopic (exact) mass is 260 g/mol. The van der Waals surface area contributed by atoms with E-state index in [0.29, 0.717) is 11.1 Å². The Bertz CT molecular complexity index is 550. The molecule has 3 amide bonds. The number of hydrogen-bond donors (Lipinski definition) is 2. The molecule has 6 heteroatoms. The first-order chi connectivity index (χ1) is 9.08. The fraction of sp³-hybridized carbons (Fsp3) is 0.154. The normalized spacial score (nSPS) is 15.1. The number of rotatable bonds is 4. The van der Waals surface area contributed by atoms with Gasteiger partial charge in [-0.05, 0) is 17.2 Å². The van der Waals surface area contributed by atoms with Crippen LogP contribution >= 0.6 is 0 Å². The van der Waals surface area contributed by atoms with Gasteiger partial charge in [-0.3, -0.25) is 9.69 Å². The molecule has 1 aliphatic heterocycles. The van der Waals surface area contributed by atoms with Gasteiger partial charge in [0.2, 0.25) is 5.91 Å². The van der Waals surface area contributed by atoms with E-state index in [0.717, 1.165) is 11.0 Å². The standard InChI is InChI=1S/C13H12N2O4/c16-11-7-14-13(19)15(11)8-10-4-2-1-3-9(10)5-6-12(17)18/h1-6H,7-8H2,(H,14,19)(H,17,18)/b6-5+. The van der Waals surface area contributed by atoms with E-state index in [9.17, 15) is 14.4 Å². The summed E-state index contributed by atoms with van der Waals surface area (Å²) in [5.74, 6) is -1.34. The Morgan fingerprint density at radius 3 is 2.74 bits per heavy atom. The number of aliphatic carboxylic acids is 1. The van der Waals surface area contributed by atoms with Crippen LogP contribution in [0.25, 0.3) is 6.08 Å². The summed E-state index contributed by atoms with van der Waals surface area (Å²) < 4.78 is 0. The van der Waals surface area contributed by atoms with Gasteiger partial charge in [0.15, 0.2) is 0 Å². The van der Waals surface area contributed by atoms with E-state index in [4.69, 9.17) is 5.11 Å². The minimum atomic E-state index is -1.05. The first-order valence-corrected chi connectivity index (χ1v) is 5.65. The predicted octanol–water partition coefficient (Wildman–Crippen LogP) is 0.836. The number of imide groups is 1. The zero-order valence-corrected chi connectivity index (χ0v) is 10.00. The zero-order chi connectivity index (χ0) is 13.8. The summed E-state index contributed by atoms with van der Waals surface area (Å²) >= 11 is 0. The summed E-state index contributed by atoms with van der Waals surface area (Å²) in [5, 5.41) is 11.1. The lowest BCUT2D eigenvalue weighted by molar-refractivity contribution is -0.131. The summed E-state index contributed by atoms with van der Waals surface area (Å²) in [7, 11) is 0. The highest BCUT2D eigenvalue weighted by atomic mass is 16.4. The number of carboxylic acids is 1. The Labute approximate surface area is 109 Å². The Balaban J connectivity index is 2.23. The van der Waals surface area contributed by atoms with Crippen molar-refractivity contribution in [3.8, 4) is 0 Å². The Morgan fingerprint density at radius 2 is 2.11 bits per heavy atom. The van der Waals surface area contributed by atoms with Gasteiger partial charge in [-0.15, -0.1) is 0 Å². The maximum absolute atomic E-state index is 11.5. The number of benzene rings is 1. The van der Waals surface area contributed by atoms with E-state index in [1.807, 2.05) is 0 Å². The van der Waals surface area contributed by atoms with E-state index in [1.54, 1.807) is 24.3 Å². The summed E-state index contributed by atoms with van der Waals surface area (Å²) in [4.78, 5) is 34.6. The van der Waals surface area contributed by atoms with Crippen molar-refractivity contribution in [3.05, 3.63) is 41.5 Å². The molecule has 0 saturated carbocycles. The maximum Gasteiger partial charge on any atom is 0.328 e. The minimum absolute atomic E-state index is 0.00592. The minimum Gasteiger partial charge on any atom is -0.478 e. The SMILES string of the molecule is O=C(O)/C=C/c1ccccc1CN1C(=O)CNC1=O. The highest BCUT2D eigenvalue weighted by Crippen LogP contribution is 2.15. The summed E-state index contributed by atoms with van der Waals surface area (Å²) in [5.41, 5.74) is 1.38. The molecule has 0 unspecified atom stereocenters. The molecular formula is C13H12N2O4. The molecule has 0 radical (unpaired) electrons. The van der Waals surface area contributed by atoms with Crippen LogP contribution in [0.2, 0.25) is 0 Å². The highest BCUT2D eigenvalue weighted by Gasteiger charge is 2.28. The highest BCUT2D eigenvalue weighted by molar-refractivity contribution is 6.01. The van der Waals surface area contributed by atoms with E-state index in [2.05, 4.69) is 5.32 Å². The van der Waals surface area contributed by atoms with Crippen LogP contribution in [0.3, 0.4) is 0 Å². The van der Waals surface area contributed by atoms with E-state index < -0.39 is 12.0 Å². The van der Waals surface area contributed by atoms with Crippen molar-refractivity contribution >= 4 is 24.0 Å². The van der Waals surface area contributed by atoms with Crippen molar-refractivity contribution in [3.63, 3.8) is 0 Å². The maximum atomic E-state index is 11.5. The molecule has 0 aromatic heterocycles. The number of nitrogens with one attached hydrogen (secondary N) is 1. The van der Waals surface area contributed by atoms with Crippen molar-refractivity contribution in [2.75, 3.05) is 6.54 Å². The lowest BCUT2D eigenvalue weighted by atomic mass is 10.1. The van der Waals surface area contributed by atoms with Crippen LogP contribution in [-0.2, 0) is 16.1 Å². The summed E-state index contributed by atoms with van der Waals surface area (Å²) in [6.07, 6.45) is 2.46. The van der Waals surface area contributed by atoms with Gasteiger partial charge in [-0.2, -0.15) is 0 Å². The number of amides is 3. The molecule has 1 fully saturated rings. The largest absolute Gasteiger partial charge is 0.478 e. The molecular weight excluding hydrogens is 248 g/mol. The Morgan fingerprint density at radius 1 is 1.37 bits per heavy atom. The first kappa shape index (κ1) is 12.8. The molecule has 0 spiro atoms. The average molecular weight is 260 g/mol. The second kappa shape index (κ2) is 5.34. The fourth-order valence-corrected chi connectivity index (χ4v) is 1.79. The smallest absolute Gasteiger partial charge is 0.328 e. The Kier molecular flexibility index (Phi) is 3.61. The molecule has 1 heterocycles. The molecule has 1 saturated heterocycles. The molecule has 1 aromatic carbocycles. The topological polar surface area (TPSA) is 86.7 Å². The van der Waals surface area contributed by atoms with Gasteiger partial charge in [-0.1, -0.05) is 24.3 Å². The van der Waals surface area contributed by atoms with Crippen LogP contribution in [0.4, 0.5) is 4.79 Å². The van der Waals surface area contributed by atoms with Gasteiger partial charge in [0.05, 0.1) is 13.1 Å². The number of carbonyl (C=O) groups is 3. The van der Waals surface area contributed by atoms with Crippen molar-refractivity contribution in [1.29, 1.82) is 0 Å². The van der Waals surface area contributed by atoms with Gasteiger partial charge in [0.25, 0.3) is 0 Å².